The molecular formula is C13H10OS. The monoisotopic (exact) mass is 214 g/mol. The molecule has 3 rings (SSSR count). The Labute approximate surface area is 92.4 Å². The van der Waals surface area contributed by atoms with E-state index in [1.807, 2.05) is 23.6 Å². The van der Waals surface area contributed by atoms with Crippen LogP contribution in [0.4, 0.5) is 0 Å². The zero-order valence-corrected chi connectivity index (χ0v) is 8.96. The fourth-order valence-electron chi connectivity index (χ4n) is 2.19. The van der Waals surface area contributed by atoms with Crippen LogP contribution < -0.4 is 0 Å². The van der Waals surface area contributed by atoms with Crippen molar-refractivity contribution in [1.82, 2.24) is 0 Å². The van der Waals surface area contributed by atoms with Gasteiger partial charge < -0.3 is 0 Å². The first kappa shape index (κ1) is 8.86. The molecule has 74 valence electrons. The van der Waals surface area contributed by atoms with E-state index in [1.54, 1.807) is 11.3 Å². The van der Waals surface area contributed by atoms with Gasteiger partial charge in [-0.3, -0.25) is 4.79 Å². The summed E-state index contributed by atoms with van der Waals surface area (Å²) in [5.74, 6) is 0.591. The van der Waals surface area contributed by atoms with Crippen molar-refractivity contribution in [1.29, 1.82) is 0 Å². The number of hydrogen-bond donors (Lipinski definition) is 0. The lowest BCUT2D eigenvalue weighted by atomic mass is 9.94. The van der Waals surface area contributed by atoms with E-state index in [9.17, 15) is 4.79 Å². The van der Waals surface area contributed by atoms with Gasteiger partial charge >= 0.3 is 0 Å². The van der Waals surface area contributed by atoms with Crippen LogP contribution in [0.25, 0.3) is 0 Å². The Morgan fingerprint density at radius 3 is 2.73 bits per heavy atom. The Morgan fingerprint density at radius 2 is 1.93 bits per heavy atom. The van der Waals surface area contributed by atoms with Crippen molar-refractivity contribution < 1.29 is 4.79 Å². The van der Waals surface area contributed by atoms with Crippen LogP contribution in [0, 0.1) is 0 Å². The van der Waals surface area contributed by atoms with Gasteiger partial charge in [-0.15, -0.1) is 11.3 Å². The highest BCUT2D eigenvalue weighted by molar-refractivity contribution is 7.12. The topological polar surface area (TPSA) is 17.1 Å². The van der Waals surface area contributed by atoms with E-state index in [-0.39, 0.29) is 0 Å². The second-order valence-corrected chi connectivity index (χ2v) is 4.71. The summed E-state index contributed by atoms with van der Waals surface area (Å²) in [7, 11) is 0. The maximum absolute atomic E-state index is 11.7. The molecule has 1 aliphatic rings. The van der Waals surface area contributed by atoms with Crippen LogP contribution in [-0.4, -0.2) is 5.78 Å². The Balaban J connectivity index is 2.09. The molecule has 1 atom stereocenters. The molecule has 1 aromatic carbocycles. The Bertz CT molecular complexity index is 498. The van der Waals surface area contributed by atoms with Gasteiger partial charge in [0.25, 0.3) is 0 Å². The molecular weight excluding hydrogens is 204 g/mol. The van der Waals surface area contributed by atoms with Gasteiger partial charge in [0.15, 0.2) is 5.78 Å². The Kier molecular flexibility index (Phi) is 1.96. The number of carbonyl (C=O) groups excluding carboxylic acids is 1. The van der Waals surface area contributed by atoms with Crippen LogP contribution in [-0.2, 0) is 0 Å². The van der Waals surface area contributed by atoms with Gasteiger partial charge in [-0.25, -0.2) is 0 Å². The number of hydrogen-bond acceptors (Lipinski definition) is 2. The van der Waals surface area contributed by atoms with E-state index in [0.717, 1.165) is 4.88 Å². The number of thiophene rings is 1. The third kappa shape index (κ3) is 1.33. The Morgan fingerprint density at radius 1 is 1.13 bits per heavy atom. The highest BCUT2D eigenvalue weighted by Gasteiger charge is 2.31. The fraction of sp³-hybridized carbons (Fsp3) is 0.154. The standard InChI is InChI=1S/C13H10OS/c14-12-8-11(9-4-2-1-3-5-9)10-6-7-15-13(10)12/h1-7,11H,8H2. The molecule has 1 aliphatic carbocycles. The zero-order chi connectivity index (χ0) is 10.3. The lowest BCUT2D eigenvalue weighted by Crippen LogP contribution is -1.96. The minimum atomic E-state index is 0.292. The molecule has 0 saturated heterocycles. The molecule has 0 N–H and O–H groups in total. The molecule has 0 aliphatic heterocycles. The van der Waals surface area contributed by atoms with Crippen molar-refractivity contribution in [3.63, 3.8) is 0 Å². The molecule has 2 heteroatoms. The number of ketones is 1. The Hall–Kier alpha value is -1.41. The van der Waals surface area contributed by atoms with E-state index in [0.29, 0.717) is 18.1 Å². The smallest absolute Gasteiger partial charge is 0.174 e. The molecule has 0 saturated carbocycles. The number of rotatable bonds is 1. The summed E-state index contributed by atoms with van der Waals surface area (Å²) in [5, 5.41) is 2.01. The van der Waals surface area contributed by atoms with Crippen LogP contribution in [0.15, 0.2) is 41.8 Å². The van der Waals surface area contributed by atoms with Crippen LogP contribution >= 0.6 is 11.3 Å². The maximum atomic E-state index is 11.7. The average Bonchev–Trinajstić information content (AvgIpc) is 2.84. The van der Waals surface area contributed by atoms with Gasteiger partial charge in [-0.1, -0.05) is 30.3 Å². The van der Waals surface area contributed by atoms with Gasteiger partial charge in [0.2, 0.25) is 0 Å². The van der Waals surface area contributed by atoms with Gasteiger partial charge in [-0.2, -0.15) is 0 Å². The minimum Gasteiger partial charge on any atom is -0.293 e. The number of fused-ring (bicyclic) bond motifs is 1. The van der Waals surface area contributed by atoms with Crippen molar-refractivity contribution in [2.75, 3.05) is 0 Å². The summed E-state index contributed by atoms with van der Waals surface area (Å²) < 4.78 is 0. The molecule has 0 radical (unpaired) electrons. The number of benzene rings is 1. The second-order valence-electron chi connectivity index (χ2n) is 3.80. The lowest BCUT2D eigenvalue weighted by Gasteiger charge is -2.08. The van der Waals surface area contributed by atoms with E-state index in [1.165, 1.54) is 11.1 Å². The average molecular weight is 214 g/mol. The molecule has 1 unspecified atom stereocenters. The molecule has 15 heavy (non-hydrogen) atoms. The summed E-state index contributed by atoms with van der Waals surface area (Å²) in [6, 6.07) is 12.4. The van der Waals surface area contributed by atoms with Gasteiger partial charge in [0.1, 0.15) is 0 Å². The predicted molar refractivity (Wildman–Crippen MR) is 61.6 cm³/mol. The second kappa shape index (κ2) is 3.31. The van der Waals surface area contributed by atoms with Crippen molar-refractivity contribution >= 4 is 17.1 Å². The van der Waals surface area contributed by atoms with E-state index in [4.69, 9.17) is 0 Å². The first-order valence-electron chi connectivity index (χ1n) is 5.02. The molecule has 0 fully saturated rings. The first-order chi connectivity index (χ1) is 7.36. The largest absolute Gasteiger partial charge is 0.293 e. The lowest BCUT2D eigenvalue weighted by molar-refractivity contribution is 0.0994. The summed E-state index contributed by atoms with van der Waals surface area (Å²) in [4.78, 5) is 12.7. The summed E-state index contributed by atoms with van der Waals surface area (Å²) in [6.07, 6.45) is 0.645. The maximum Gasteiger partial charge on any atom is 0.174 e. The summed E-state index contributed by atoms with van der Waals surface area (Å²) in [5.41, 5.74) is 2.47. The number of Topliss-reactive ketones (excluding diaryl/α,β-unsaturated/α-hetero) is 1. The van der Waals surface area contributed by atoms with Gasteiger partial charge in [0, 0.05) is 12.3 Å². The third-order valence-corrected chi connectivity index (χ3v) is 3.89. The van der Waals surface area contributed by atoms with Crippen LogP contribution in [0.2, 0.25) is 0 Å². The normalized spacial score (nSPS) is 19.2. The minimum absolute atomic E-state index is 0.292. The SMILES string of the molecule is O=C1CC(c2ccccc2)c2ccsc21. The molecule has 0 spiro atoms. The van der Waals surface area contributed by atoms with Crippen molar-refractivity contribution in [2.24, 2.45) is 0 Å². The van der Waals surface area contributed by atoms with Gasteiger partial charge in [0.05, 0.1) is 4.88 Å². The molecule has 2 aromatic rings. The van der Waals surface area contributed by atoms with Crippen LogP contribution in [0.5, 0.6) is 0 Å². The highest BCUT2D eigenvalue weighted by Crippen LogP contribution is 2.40. The molecule has 1 nitrogen and oxygen atoms in total. The van der Waals surface area contributed by atoms with Crippen LogP contribution in [0.3, 0.4) is 0 Å². The molecule has 0 bridgehead atoms. The van der Waals surface area contributed by atoms with E-state index in [2.05, 4.69) is 18.2 Å². The van der Waals surface area contributed by atoms with E-state index >= 15 is 0 Å². The summed E-state index contributed by atoms with van der Waals surface area (Å²) >= 11 is 1.57. The molecule has 1 heterocycles. The van der Waals surface area contributed by atoms with Crippen molar-refractivity contribution in [3.05, 3.63) is 57.8 Å². The van der Waals surface area contributed by atoms with Crippen molar-refractivity contribution in [3.8, 4) is 0 Å². The van der Waals surface area contributed by atoms with Crippen molar-refractivity contribution in [2.45, 2.75) is 12.3 Å². The fourth-order valence-corrected chi connectivity index (χ4v) is 3.10. The first-order valence-corrected chi connectivity index (χ1v) is 5.90. The van der Waals surface area contributed by atoms with Gasteiger partial charge in [-0.05, 0) is 22.6 Å². The van der Waals surface area contributed by atoms with E-state index < -0.39 is 0 Å². The predicted octanol–water partition coefficient (Wildman–Crippen LogP) is 3.47. The quantitative estimate of drug-likeness (QED) is 0.710. The molecule has 1 aromatic heterocycles. The highest BCUT2D eigenvalue weighted by atomic mass is 32.1. The van der Waals surface area contributed by atoms with Crippen LogP contribution in [0.1, 0.15) is 33.1 Å². The zero-order valence-electron chi connectivity index (χ0n) is 8.14. The molecule has 0 amide bonds. The number of carbonyl (C=O) groups is 1. The summed E-state index contributed by atoms with van der Waals surface area (Å²) in [6.45, 7) is 0. The third-order valence-electron chi connectivity index (χ3n) is 2.92.